The molecule has 1 aromatic carbocycles. The third-order valence-electron chi connectivity index (χ3n) is 5.01. The molecule has 3 heterocycles. The van der Waals surface area contributed by atoms with Crippen molar-refractivity contribution >= 4 is 17.3 Å². The van der Waals surface area contributed by atoms with Crippen LogP contribution >= 0.6 is 0 Å². The van der Waals surface area contributed by atoms with Gasteiger partial charge in [-0.15, -0.1) is 0 Å². The number of aryl methyl sites for hydroxylation is 1. The van der Waals surface area contributed by atoms with Crippen LogP contribution in [0.3, 0.4) is 0 Å². The van der Waals surface area contributed by atoms with Crippen molar-refractivity contribution < 1.29 is 9.66 Å². The Kier molecular flexibility index (Phi) is 5.23. The standard InChI is InChI=1S/C20H23N5O3/c1-15-5-7-16(8-6-15)17(14-23-10-12-28-13-11-23)21-19-20(25(26)27)24-9-3-2-4-18(24)22-19/h2-9,17,21H,10-14H2,1H3. The Morgan fingerprint density at radius 3 is 2.68 bits per heavy atom. The number of pyridine rings is 1. The SMILES string of the molecule is Cc1ccc(C(CN2CCOCC2)Nc2nc3ccccn3c2[N+](=O)[O-])cc1. The Bertz CT molecular complexity index is 964. The van der Waals surface area contributed by atoms with Gasteiger partial charge in [0.2, 0.25) is 11.5 Å². The summed E-state index contributed by atoms with van der Waals surface area (Å²) < 4.78 is 6.95. The summed E-state index contributed by atoms with van der Waals surface area (Å²) in [5.74, 6) is 0.240. The second-order valence-electron chi connectivity index (χ2n) is 6.99. The highest BCUT2D eigenvalue weighted by atomic mass is 16.6. The minimum Gasteiger partial charge on any atom is -0.379 e. The number of aromatic nitrogens is 2. The summed E-state index contributed by atoms with van der Waals surface area (Å²) in [7, 11) is 0. The molecule has 1 fully saturated rings. The van der Waals surface area contributed by atoms with Crippen molar-refractivity contribution in [2.45, 2.75) is 13.0 Å². The molecule has 8 heteroatoms. The van der Waals surface area contributed by atoms with Crippen LogP contribution in [0.25, 0.3) is 5.65 Å². The lowest BCUT2D eigenvalue weighted by Crippen LogP contribution is -2.40. The molecule has 3 aromatic rings. The van der Waals surface area contributed by atoms with Crippen molar-refractivity contribution in [3.05, 3.63) is 69.9 Å². The molecule has 1 atom stereocenters. The molecule has 1 saturated heterocycles. The Morgan fingerprint density at radius 2 is 1.96 bits per heavy atom. The highest BCUT2D eigenvalue weighted by Crippen LogP contribution is 2.29. The maximum atomic E-state index is 11.7. The lowest BCUT2D eigenvalue weighted by molar-refractivity contribution is -0.389. The molecule has 146 valence electrons. The van der Waals surface area contributed by atoms with E-state index in [0.717, 1.165) is 25.2 Å². The maximum absolute atomic E-state index is 11.7. The van der Waals surface area contributed by atoms with Crippen LogP contribution < -0.4 is 5.32 Å². The predicted molar refractivity (Wildman–Crippen MR) is 107 cm³/mol. The van der Waals surface area contributed by atoms with Crippen molar-refractivity contribution in [3.63, 3.8) is 0 Å². The molecule has 28 heavy (non-hydrogen) atoms. The number of hydrogen-bond acceptors (Lipinski definition) is 6. The number of morpholine rings is 1. The largest absolute Gasteiger partial charge is 0.379 e. The van der Waals surface area contributed by atoms with E-state index in [4.69, 9.17) is 4.74 Å². The number of nitrogens with zero attached hydrogens (tertiary/aromatic N) is 4. The Labute approximate surface area is 162 Å². The van der Waals surface area contributed by atoms with Crippen LogP contribution in [0, 0.1) is 17.0 Å². The van der Waals surface area contributed by atoms with Gasteiger partial charge in [0.15, 0.2) is 0 Å². The summed E-state index contributed by atoms with van der Waals surface area (Å²) in [6, 6.07) is 13.5. The number of nitrogens with one attached hydrogen (secondary N) is 1. The monoisotopic (exact) mass is 381 g/mol. The molecule has 0 bridgehead atoms. The molecule has 0 aliphatic carbocycles. The van der Waals surface area contributed by atoms with Gasteiger partial charge in [-0.25, -0.2) is 0 Å². The van der Waals surface area contributed by atoms with E-state index in [9.17, 15) is 10.1 Å². The van der Waals surface area contributed by atoms with Crippen molar-refractivity contribution in [2.24, 2.45) is 0 Å². The number of anilines is 1. The summed E-state index contributed by atoms with van der Waals surface area (Å²) in [5.41, 5.74) is 2.79. The molecule has 2 aromatic heterocycles. The Hall–Kier alpha value is -2.97. The Morgan fingerprint density at radius 1 is 1.21 bits per heavy atom. The number of nitro groups is 1. The van der Waals surface area contributed by atoms with E-state index >= 15 is 0 Å². The van der Waals surface area contributed by atoms with E-state index in [1.54, 1.807) is 18.3 Å². The zero-order valence-corrected chi connectivity index (χ0v) is 15.7. The van der Waals surface area contributed by atoms with Crippen molar-refractivity contribution in [3.8, 4) is 0 Å². The van der Waals surface area contributed by atoms with E-state index in [-0.39, 0.29) is 22.6 Å². The third-order valence-corrected chi connectivity index (χ3v) is 5.01. The quantitative estimate of drug-likeness (QED) is 0.522. The molecule has 1 unspecified atom stereocenters. The summed E-state index contributed by atoms with van der Waals surface area (Å²) in [6.45, 7) is 5.86. The van der Waals surface area contributed by atoms with Gasteiger partial charge in [0.05, 0.1) is 25.5 Å². The van der Waals surface area contributed by atoms with Crippen molar-refractivity contribution in [1.29, 1.82) is 0 Å². The van der Waals surface area contributed by atoms with E-state index in [1.165, 1.54) is 9.96 Å². The fourth-order valence-electron chi connectivity index (χ4n) is 3.49. The molecule has 8 nitrogen and oxygen atoms in total. The van der Waals surface area contributed by atoms with Gasteiger partial charge < -0.3 is 20.2 Å². The van der Waals surface area contributed by atoms with Gasteiger partial charge in [-0.1, -0.05) is 35.9 Å². The van der Waals surface area contributed by atoms with Gasteiger partial charge in [0.25, 0.3) is 0 Å². The predicted octanol–water partition coefficient (Wildman–Crippen LogP) is 3.04. The average Bonchev–Trinajstić information content (AvgIpc) is 3.07. The first-order valence-electron chi connectivity index (χ1n) is 9.36. The first kappa shape index (κ1) is 18.4. The lowest BCUT2D eigenvalue weighted by atomic mass is 10.0. The van der Waals surface area contributed by atoms with Gasteiger partial charge >= 0.3 is 5.82 Å². The summed E-state index contributed by atoms with van der Waals surface area (Å²) in [6.07, 6.45) is 1.66. The average molecular weight is 381 g/mol. The van der Waals surface area contributed by atoms with Crippen molar-refractivity contribution in [1.82, 2.24) is 14.3 Å². The van der Waals surface area contributed by atoms with Crippen LogP contribution in [0.1, 0.15) is 17.2 Å². The second kappa shape index (κ2) is 7.95. The molecule has 0 radical (unpaired) electrons. The molecule has 0 saturated carbocycles. The highest BCUT2D eigenvalue weighted by molar-refractivity contribution is 5.62. The fraction of sp³-hybridized carbons (Fsp3) is 0.350. The van der Waals surface area contributed by atoms with Crippen LogP contribution in [-0.2, 0) is 4.74 Å². The van der Waals surface area contributed by atoms with E-state index < -0.39 is 0 Å². The minimum atomic E-state index is -0.386. The molecular formula is C20H23N5O3. The fourth-order valence-corrected chi connectivity index (χ4v) is 3.49. The molecule has 0 amide bonds. The zero-order chi connectivity index (χ0) is 19.5. The number of imidazole rings is 1. The first-order valence-corrected chi connectivity index (χ1v) is 9.36. The van der Waals surface area contributed by atoms with Gasteiger partial charge in [0, 0.05) is 25.7 Å². The normalized spacial score (nSPS) is 16.2. The van der Waals surface area contributed by atoms with Gasteiger partial charge in [-0.05, 0) is 23.5 Å². The number of ether oxygens (including phenoxy) is 1. The van der Waals surface area contributed by atoms with Gasteiger partial charge in [0.1, 0.15) is 0 Å². The number of fused-ring (bicyclic) bond motifs is 1. The molecule has 1 aliphatic rings. The van der Waals surface area contributed by atoms with E-state index in [2.05, 4.69) is 39.5 Å². The number of benzene rings is 1. The second-order valence-corrected chi connectivity index (χ2v) is 6.99. The zero-order valence-electron chi connectivity index (χ0n) is 15.7. The van der Waals surface area contributed by atoms with Gasteiger partial charge in [-0.3, -0.25) is 4.90 Å². The molecular weight excluding hydrogens is 358 g/mol. The summed E-state index contributed by atoms with van der Waals surface area (Å²) in [5, 5.41) is 15.1. The van der Waals surface area contributed by atoms with Crippen LogP contribution in [0.15, 0.2) is 48.7 Å². The molecule has 1 N–H and O–H groups in total. The van der Waals surface area contributed by atoms with Crippen LogP contribution in [-0.4, -0.2) is 52.1 Å². The van der Waals surface area contributed by atoms with E-state index in [1.807, 2.05) is 13.0 Å². The van der Waals surface area contributed by atoms with Crippen LogP contribution in [0.2, 0.25) is 0 Å². The van der Waals surface area contributed by atoms with Crippen LogP contribution in [0.4, 0.5) is 11.6 Å². The first-order chi connectivity index (χ1) is 13.6. The maximum Gasteiger partial charge on any atom is 0.372 e. The van der Waals surface area contributed by atoms with Crippen molar-refractivity contribution in [2.75, 3.05) is 38.2 Å². The molecule has 1 aliphatic heterocycles. The van der Waals surface area contributed by atoms with Gasteiger partial charge in [-0.2, -0.15) is 9.38 Å². The smallest absolute Gasteiger partial charge is 0.372 e. The minimum absolute atomic E-state index is 0.0466. The highest BCUT2D eigenvalue weighted by Gasteiger charge is 2.26. The molecule has 4 rings (SSSR count). The number of hydrogen-bond donors (Lipinski definition) is 1. The number of rotatable bonds is 6. The Balaban J connectivity index is 1.68. The summed E-state index contributed by atoms with van der Waals surface area (Å²) >= 11 is 0. The van der Waals surface area contributed by atoms with E-state index in [0.29, 0.717) is 18.9 Å². The summed E-state index contributed by atoms with van der Waals surface area (Å²) in [4.78, 5) is 18.1. The topological polar surface area (TPSA) is 84.9 Å². The third kappa shape index (κ3) is 3.83. The lowest BCUT2D eigenvalue weighted by Gasteiger charge is -2.31. The molecule has 0 spiro atoms. The van der Waals surface area contributed by atoms with Crippen LogP contribution in [0.5, 0.6) is 0 Å².